The van der Waals surface area contributed by atoms with Crippen LogP contribution >= 0.6 is 11.6 Å². The minimum atomic E-state index is -3.79. The highest BCUT2D eigenvalue weighted by Crippen LogP contribution is 2.27. The Labute approximate surface area is 210 Å². The van der Waals surface area contributed by atoms with Crippen molar-refractivity contribution in [3.05, 3.63) is 64.7 Å². The number of likely N-dealkylation sites (tertiary alicyclic amines) is 1. The quantitative estimate of drug-likeness (QED) is 0.635. The molecule has 2 atom stereocenters. The lowest BCUT2D eigenvalue weighted by Gasteiger charge is -2.36. The van der Waals surface area contributed by atoms with E-state index in [2.05, 4.69) is 11.4 Å². The molecule has 1 unspecified atom stereocenters. The number of nitrogens with one attached hydrogen (secondary N) is 1. The number of rotatable bonds is 6. The lowest BCUT2D eigenvalue weighted by Crippen LogP contribution is -2.52. The topological polar surface area (TPSA) is 111 Å². The molecule has 2 aromatic rings. The van der Waals surface area contributed by atoms with Gasteiger partial charge >= 0.3 is 0 Å². The van der Waals surface area contributed by atoms with E-state index in [1.807, 2.05) is 19.1 Å². The van der Waals surface area contributed by atoms with E-state index in [0.717, 1.165) is 18.4 Å². The Balaban J connectivity index is 1.50. The van der Waals surface area contributed by atoms with Crippen molar-refractivity contribution >= 4 is 33.4 Å². The Morgan fingerprint density at radius 1 is 1.14 bits per heavy atom. The third kappa shape index (κ3) is 5.35. The van der Waals surface area contributed by atoms with Gasteiger partial charge in [-0.1, -0.05) is 29.8 Å². The summed E-state index contributed by atoms with van der Waals surface area (Å²) in [6.45, 7) is 2.59. The van der Waals surface area contributed by atoms with Gasteiger partial charge in [0.05, 0.1) is 22.9 Å². The average Bonchev–Trinajstić information content (AvgIpc) is 2.83. The number of sulfonamides is 1. The highest BCUT2D eigenvalue weighted by Gasteiger charge is 2.38. The standard InChI is InChI=1S/C25H27ClN4O4S/c1-17(19-8-10-21(26)11-9-19)28-24(31)23-7-2-3-12-30(23)25(32)20-5-4-6-22(13-20)35(33,34)29-15-18(14-27)16-29/h4-6,8-11,13,17-18,23H,2-3,7,12,15-16H2,1H3,(H,28,31)/t17?,23-/m1/s1. The van der Waals surface area contributed by atoms with E-state index in [1.54, 1.807) is 18.2 Å². The van der Waals surface area contributed by atoms with Crippen LogP contribution in [0.25, 0.3) is 0 Å². The van der Waals surface area contributed by atoms with E-state index in [-0.39, 0.29) is 47.3 Å². The predicted molar refractivity (Wildman–Crippen MR) is 131 cm³/mol. The van der Waals surface area contributed by atoms with Gasteiger partial charge in [0.1, 0.15) is 6.04 Å². The third-order valence-electron chi connectivity index (χ3n) is 6.54. The smallest absolute Gasteiger partial charge is 0.254 e. The first-order chi connectivity index (χ1) is 16.7. The minimum Gasteiger partial charge on any atom is -0.348 e. The van der Waals surface area contributed by atoms with Gasteiger partial charge in [0.2, 0.25) is 15.9 Å². The van der Waals surface area contributed by atoms with E-state index in [4.69, 9.17) is 16.9 Å². The maximum Gasteiger partial charge on any atom is 0.254 e. The molecular formula is C25H27ClN4O4S. The first-order valence-corrected chi connectivity index (χ1v) is 13.4. The number of nitrogens with zero attached hydrogens (tertiary/aromatic N) is 3. The molecule has 0 radical (unpaired) electrons. The predicted octanol–water partition coefficient (Wildman–Crippen LogP) is 3.36. The van der Waals surface area contributed by atoms with Crippen LogP contribution in [0.3, 0.4) is 0 Å². The number of halogens is 1. The summed E-state index contributed by atoms with van der Waals surface area (Å²) in [7, 11) is -3.79. The fourth-order valence-corrected chi connectivity index (χ4v) is 6.12. The second-order valence-corrected chi connectivity index (χ2v) is 11.3. The number of nitriles is 1. The van der Waals surface area contributed by atoms with Crippen LogP contribution in [0.4, 0.5) is 0 Å². The SMILES string of the molecule is CC(NC(=O)[C@H]1CCCCN1C(=O)c1cccc(S(=O)(=O)N2CC(C#N)C2)c1)c1ccc(Cl)cc1. The van der Waals surface area contributed by atoms with E-state index >= 15 is 0 Å². The molecule has 10 heteroatoms. The van der Waals surface area contributed by atoms with Gasteiger partial charge in [0, 0.05) is 30.2 Å². The maximum atomic E-state index is 13.4. The minimum absolute atomic E-state index is 0.00844. The molecule has 0 saturated carbocycles. The van der Waals surface area contributed by atoms with E-state index in [9.17, 15) is 18.0 Å². The molecule has 4 rings (SSSR count). The van der Waals surface area contributed by atoms with Gasteiger partial charge in [-0.3, -0.25) is 9.59 Å². The van der Waals surface area contributed by atoms with Crippen molar-refractivity contribution in [3.63, 3.8) is 0 Å². The van der Waals surface area contributed by atoms with Gasteiger partial charge in [0.15, 0.2) is 0 Å². The normalized spacial score (nSPS) is 19.9. The zero-order valence-electron chi connectivity index (χ0n) is 19.4. The van der Waals surface area contributed by atoms with Crippen molar-refractivity contribution in [1.82, 2.24) is 14.5 Å². The van der Waals surface area contributed by atoms with Gasteiger partial charge in [-0.05, 0) is 62.1 Å². The van der Waals surface area contributed by atoms with Crippen LogP contribution in [0.2, 0.25) is 5.02 Å². The number of amides is 2. The second-order valence-electron chi connectivity index (χ2n) is 8.97. The van der Waals surface area contributed by atoms with Crippen LogP contribution in [-0.2, 0) is 14.8 Å². The number of hydrogen-bond donors (Lipinski definition) is 1. The number of carbonyl (C=O) groups is 2. The summed E-state index contributed by atoms with van der Waals surface area (Å²) in [6, 6.07) is 14.3. The highest BCUT2D eigenvalue weighted by molar-refractivity contribution is 7.89. The summed E-state index contributed by atoms with van der Waals surface area (Å²) in [6.07, 6.45) is 2.12. The van der Waals surface area contributed by atoms with E-state index in [1.165, 1.54) is 27.4 Å². The second kappa shape index (κ2) is 10.4. The highest BCUT2D eigenvalue weighted by atomic mass is 35.5. The Hall–Kier alpha value is -2.93. The van der Waals surface area contributed by atoms with Crippen molar-refractivity contribution in [2.75, 3.05) is 19.6 Å². The van der Waals surface area contributed by atoms with Crippen molar-refractivity contribution < 1.29 is 18.0 Å². The van der Waals surface area contributed by atoms with Crippen LogP contribution in [0.5, 0.6) is 0 Å². The summed E-state index contributed by atoms with van der Waals surface area (Å²) in [5, 5.41) is 12.5. The van der Waals surface area contributed by atoms with Gasteiger partial charge < -0.3 is 10.2 Å². The fourth-order valence-electron chi connectivity index (χ4n) is 4.41. The van der Waals surface area contributed by atoms with Crippen molar-refractivity contribution in [3.8, 4) is 6.07 Å². The monoisotopic (exact) mass is 514 g/mol. The lowest BCUT2D eigenvalue weighted by molar-refractivity contribution is -0.127. The van der Waals surface area contributed by atoms with Crippen LogP contribution in [-0.4, -0.2) is 55.1 Å². The van der Waals surface area contributed by atoms with Crippen LogP contribution < -0.4 is 5.32 Å². The zero-order chi connectivity index (χ0) is 25.2. The molecule has 2 aromatic carbocycles. The van der Waals surface area contributed by atoms with Crippen molar-refractivity contribution in [1.29, 1.82) is 5.26 Å². The largest absolute Gasteiger partial charge is 0.348 e. The molecule has 1 N–H and O–H groups in total. The summed E-state index contributed by atoms with van der Waals surface area (Å²) >= 11 is 5.95. The van der Waals surface area contributed by atoms with Gasteiger partial charge in [-0.2, -0.15) is 9.57 Å². The Morgan fingerprint density at radius 2 is 1.86 bits per heavy atom. The molecule has 0 spiro atoms. The first-order valence-electron chi connectivity index (χ1n) is 11.6. The number of benzene rings is 2. The van der Waals surface area contributed by atoms with Crippen LogP contribution in [0.1, 0.15) is 48.1 Å². The number of hydrogen-bond acceptors (Lipinski definition) is 5. The average molecular weight is 515 g/mol. The molecule has 2 aliphatic heterocycles. The Morgan fingerprint density at radius 3 is 2.54 bits per heavy atom. The van der Waals surface area contributed by atoms with Crippen molar-refractivity contribution in [2.24, 2.45) is 5.92 Å². The Kier molecular flexibility index (Phi) is 7.45. The zero-order valence-corrected chi connectivity index (χ0v) is 20.9. The maximum absolute atomic E-state index is 13.4. The van der Waals surface area contributed by atoms with E-state index in [0.29, 0.717) is 18.0 Å². The van der Waals surface area contributed by atoms with Gasteiger partial charge in [0.25, 0.3) is 5.91 Å². The van der Waals surface area contributed by atoms with Crippen LogP contribution in [0.15, 0.2) is 53.4 Å². The van der Waals surface area contributed by atoms with E-state index < -0.39 is 16.1 Å². The summed E-state index contributed by atoms with van der Waals surface area (Å²) in [5.74, 6) is -0.926. The lowest BCUT2D eigenvalue weighted by atomic mass is 9.99. The molecule has 184 valence electrons. The van der Waals surface area contributed by atoms with Gasteiger partial charge in [-0.15, -0.1) is 0 Å². The molecular weight excluding hydrogens is 488 g/mol. The summed E-state index contributed by atoms with van der Waals surface area (Å²) in [5.41, 5.74) is 1.12. The summed E-state index contributed by atoms with van der Waals surface area (Å²) in [4.78, 5) is 28.1. The first kappa shape index (κ1) is 25.2. The molecule has 0 bridgehead atoms. The molecule has 2 amide bonds. The molecule has 2 aliphatic rings. The van der Waals surface area contributed by atoms with Crippen LogP contribution in [0, 0.1) is 17.2 Å². The number of carbonyl (C=O) groups excluding carboxylic acids is 2. The fraction of sp³-hybridized carbons (Fsp3) is 0.400. The summed E-state index contributed by atoms with van der Waals surface area (Å²) < 4.78 is 27.0. The molecule has 2 saturated heterocycles. The van der Waals surface area contributed by atoms with Crippen molar-refractivity contribution in [2.45, 2.75) is 43.2 Å². The molecule has 0 aliphatic carbocycles. The molecule has 0 aromatic heterocycles. The molecule has 2 fully saturated rings. The third-order valence-corrected chi connectivity index (χ3v) is 8.62. The molecule has 8 nitrogen and oxygen atoms in total. The number of piperidine rings is 1. The molecule has 35 heavy (non-hydrogen) atoms. The molecule has 2 heterocycles. The van der Waals surface area contributed by atoms with Gasteiger partial charge in [-0.25, -0.2) is 8.42 Å². The Bertz CT molecular complexity index is 1250.